The van der Waals surface area contributed by atoms with Gasteiger partial charge in [0.05, 0.1) is 6.57 Å². The molecule has 0 saturated carbocycles. The first-order valence-electron chi connectivity index (χ1n) is 4.55. The lowest BCUT2D eigenvalue weighted by Gasteiger charge is -2.12. The van der Waals surface area contributed by atoms with Crippen LogP contribution in [0.15, 0.2) is 12.1 Å². The van der Waals surface area contributed by atoms with Gasteiger partial charge in [-0.2, -0.15) is 0 Å². The summed E-state index contributed by atoms with van der Waals surface area (Å²) in [5.41, 5.74) is 4.52. The van der Waals surface area contributed by atoms with E-state index >= 15 is 0 Å². The molecule has 0 aliphatic carbocycles. The van der Waals surface area contributed by atoms with E-state index in [4.69, 9.17) is 6.57 Å². The summed E-state index contributed by atoms with van der Waals surface area (Å²) < 4.78 is 0. The Labute approximate surface area is 80.2 Å². The Morgan fingerprint density at radius 2 is 1.77 bits per heavy atom. The molecule has 0 aliphatic heterocycles. The van der Waals surface area contributed by atoms with Crippen molar-refractivity contribution < 1.29 is 0 Å². The van der Waals surface area contributed by atoms with Gasteiger partial charge < -0.3 is 0 Å². The van der Waals surface area contributed by atoms with Gasteiger partial charge >= 0.3 is 0 Å². The molecule has 0 radical (unpaired) electrons. The molecular formula is C12H15N. The average molecular weight is 173 g/mol. The van der Waals surface area contributed by atoms with Crippen molar-refractivity contribution in [1.82, 2.24) is 0 Å². The number of hydrogen-bond acceptors (Lipinski definition) is 0. The number of rotatable bonds is 1. The van der Waals surface area contributed by atoms with Crippen molar-refractivity contribution in [1.29, 1.82) is 0 Å². The van der Waals surface area contributed by atoms with Gasteiger partial charge in [-0.05, 0) is 30.9 Å². The fourth-order valence-corrected chi connectivity index (χ4v) is 1.57. The van der Waals surface area contributed by atoms with E-state index in [1.54, 1.807) is 0 Å². The van der Waals surface area contributed by atoms with Gasteiger partial charge in [0, 0.05) is 0 Å². The lowest BCUT2D eigenvalue weighted by Crippen LogP contribution is -1.94. The van der Waals surface area contributed by atoms with Gasteiger partial charge in [0.15, 0.2) is 5.69 Å². The molecule has 0 N–H and O–H groups in total. The zero-order valence-corrected chi connectivity index (χ0v) is 8.68. The van der Waals surface area contributed by atoms with E-state index in [1.807, 2.05) is 13.0 Å². The largest absolute Gasteiger partial charge is 0.238 e. The smallest absolute Gasteiger partial charge is 0.190 e. The monoisotopic (exact) mass is 173 g/mol. The molecule has 0 fully saturated rings. The van der Waals surface area contributed by atoms with Crippen molar-refractivity contribution in [2.75, 3.05) is 0 Å². The molecule has 68 valence electrons. The summed E-state index contributed by atoms with van der Waals surface area (Å²) in [5.74, 6) is 0.540. The van der Waals surface area contributed by atoms with Crippen LogP contribution in [-0.2, 0) is 0 Å². The van der Waals surface area contributed by atoms with E-state index < -0.39 is 0 Å². The quantitative estimate of drug-likeness (QED) is 0.566. The molecule has 0 aliphatic rings. The van der Waals surface area contributed by atoms with Crippen molar-refractivity contribution in [2.45, 2.75) is 33.6 Å². The fourth-order valence-electron chi connectivity index (χ4n) is 1.57. The molecule has 0 heterocycles. The lowest BCUT2D eigenvalue weighted by molar-refractivity contribution is 0.854. The zero-order valence-electron chi connectivity index (χ0n) is 8.68. The highest BCUT2D eigenvalue weighted by Gasteiger charge is 2.07. The van der Waals surface area contributed by atoms with E-state index in [9.17, 15) is 0 Å². The van der Waals surface area contributed by atoms with Crippen LogP contribution in [0.4, 0.5) is 5.69 Å². The van der Waals surface area contributed by atoms with E-state index in [0.717, 1.165) is 11.3 Å². The highest BCUT2D eigenvalue weighted by Crippen LogP contribution is 2.28. The summed E-state index contributed by atoms with van der Waals surface area (Å²) in [6.45, 7) is 15.5. The van der Waals surface area contributed by atoms with E-state index in [-0.39, 0.29) is 0 Å². The van der Waals surface area contributed by atoms with Gasteiger partial charge in [-0.3, -0.25) is 0 Å². The second-order valence-electron chi connectivity index (χ2n) is 3.69. The molecule has 1 rings (SSSR count). The Balaban J connectivity index is 3.33. The lowest BCUT2D eigenvalue weighted by atomic mass is 9.94. The summed E-state index contributed by atoms with van der Waals surface area (Å²) >= 11 is 0. The van der Waals surface area contributed by atoms with Crippen LogP contribution in [0.1, 0.15) is 36.5 Å². The van der Waals surface area contributed by atoms with Gasteiger partial charge in [0.2, 0.25) is 0 Å². The molecule has 1 nitrogen and oxygen atoms in total. The second-order valence-corrected chi connectivity index (χ2v) is 3.69. The maximum absolute atomic E-state index is 6.98. The normalized spacial score (nSPS) is 10.2. The van der Waals surface area contributed by atoms with Crippen molar-refractivity contribution in [2.24, 2.45) is 0 Å². The predicted octanol–water partition coefficient (Wildman–Crippen LogP) is 3.98. The van der Waals surface area contributed by atoms with Crippen LogP contribution in [0.2, 0.25) is 0 Å². The maximum atomic E-state index is 6.98. The van der Waals surface area contributed by atoms with Gasteiger partial charge in [-0.1, -0.05) is 31.5 Å². The van der Waals surface area contributed by atoms with Crippen molar-refractivity contribution in [3.05, 3.63) is 40.2 Å². The summed E-state index contributed by atoms with van der Waals surface area (Å²) in [6, 6.07) is 3.99. The number of hydrogen-bond donors (Lipinski definition) is 0. The first kappa shape index (κ1) is 9.80. The minimum absolute atomic E-state index is 0.540. The van der Waals surface area contributed by atoms with Gasteiger partial charge in [-0.15, -0.1) is 0 Å². The molecule has 0 amide bonds. The fraction of sp³-hybridized carbons (Fsp3) is 0.417. The van der Waals surface area contributed by atoms with Gasteiger partial charge in [0.1, 0.15) is 0 Å². The molecule has 13 heavy (non-hydrogen) atoms. The topological polar surface area (TPSA) is 4.36 Å². The minimum atomic E-state index is 0.540. The van der Waals surface area contributed by atoms with Gasteiger partial charge in [-0.25, -0.2) is 4.85 Å². The molecule has 0 unspecified atom stereocenters. The highest BCUT2D eigenvalue weighted by atomic mass is 14.6. The van der Waals surface area contributed by atoms with Crippen LogP contribution in [-0.4, -0.2) is 0 Å². The molecule has 1 aromatic rings. The molecule has 0 atom stereocenters. The highest BCUT2D eigenvalue weighted by molar-refractivity contribution is 5.57. The Morgan fingerprint density at radius 3 is 2.23 bits per heavy atom. The summed E-state index contributed by atoms with van der Waals surface area (Å²) in [7, 11) is 0. The first-order valence-corrected chi connectivity index (χ1v) is 4.55. The van der Waals surface area contributed by atoms with Crippen molar-refractivity contribution in [3.63, 3.8) is 0 Å². The van der Waals surface area contributed by atoms with Crippen molar-refractivity contribution in [3.8, 4) is 0 Å². The summed E-state index contributed by atoms with van der Waals surface area (Å²) in [6.07, 6.45) is 0. The maximum Gasteiger partial charge on any atom is 0.190 e. The third-order valence-corrected chi connectivity index (χ3v) is 2.54. The Hall–Kier alpha value is -1.29. The van der Waals surface area contributed by atoms with Crippen LogP contribution in [0.5, 0.6) is 0 Å². The van der Waals surface area contributed by atoms with Gasteiger partial charge in [0.25, 0.3) is 0 Å². The summed E-state index contributed by atoms with van der Waals surface area (Å²) in [4.78, 5) is 3.48. The third kappa shape index (κ3) is 1.72. The van der Waals surface area contributed by atoms with E-state index in [1.165, 1.54) is 11.1 Å². The second kappa shape index (κ2) is 3.62. The molecule has 0 bridgehead atoms. The zero-order chi connectivity index (χ0) is 10.0. The Kier molecular flexibility index (Phi) is 2.72. The molecule has 0 saturated heterocycles. The SMILES string of the molecule is [C-]#[N+]c1ccc(C(C)C)c(C)c1C. The third-order valence-electron chi connectivity index (χ3n) is 2.54. The van der Waals surface area contributed by atoms with Crippen LogP contribution in [0, 0.1) is 20.4 Å². The van der Waals surface area contributed by atoms with Crippen molar-refractivity contribution >= 4 is 5.69 Å². The minimum Gasteiger partial charge on any atom is -0.238 e. The molecule has 1 aromatic carbocycles. The van der Waals surface area contributed by atoms with Crippen LogP contribution < -0.4 is 0 Å². The van der Waals surface area contributed by atoms with Crippen LogP contribution in [0.3, 0.4) is 0 Å². The van der Waals surface area contributed by atoms with E-state index in [0.29, 0.717) is 5.92 Å². The van der Waals surface area contributed by atoms with E-state index in [2.05, 4.69) is 31.7 Å². The molecule has 0 spiro atoms. The number of nitrogens with zero attached hydrogens (tertiary/aromatic N) is 1. The standard InChI is InChI=1S/C12H15N/c1-8(2)11-6-7-12(13-5)10(4)9(11)3/h6-8H,1-4H3. The summed E-state index contributed by atoms with van der Waals surface area (Å²) in [5, 5.41) is 0. The molecule has 1 heteroatoms. The molecular weight excluding hydrogens is 158 g/mol. The molecule has 0 aromatic heterocycles. The predicted molar refractivity (Wildman–Crippen MR) is 56.3 cm³/mol. The first-order chi connectivity index (χ1) is 6.07. The Morgan fingerprint density at radius 1 is 1.15 bits per heavy atom. The average Bonchev–Trinajstić information content (AvgIpc) is 2.09. The van der Waals surface area contributed by atoms with Crippen LogP contribution in [0.25, 0.3) is 4.85 Å². The number of benzene rings is 1. The Bertz CT molecular complexity index is 356. The van der Waals surface area contributed by atoms with Crippen LogP contribution >= 0.6 is 0 Å².